The van der Waals surface area contributed by atoms with Gasteiger partial charge in [0.15, 0.2) is 5.65 Å². The molecule has 2 aliphatic rings. The molecular formula is C23H22N8O. The molecule has 1 aliphatic carbocycles. The molecule has 4 heterocycles. The lowest BCUT2D eigenvalue weighted by Gasteiger charge is -2.23. The smallest absolute Gasteiger partial charge is 0.256 e. The molecule has 160 valence electrons. The van der Waals surface area contributed by atoms with Gasteiger partial charge < -0.3 is 16.4 Å². The molecule has 3 atom stereocenters. The summed E-state index contributed by atoms with van der Waals surface area (Å²) in [5.41, 5.74) is 9.14. The van der Waals surface area contributed by atoms with Crippen LogP contribution in [-0.2, 0) is 0 Å². The highest BCUT2D eigenvalue weighted by atomic mass is 16.1. The molecule has 1 amide bonds. The molecule has 6 rings (SSSR count). The minimum Gasteiger partial charge on any atom is -0.383 e. The Bertz CT molecular complexity index is 1300. The van der Waals surface area contributed by atoms with Gasteiger partial charge in [0, 0.05) is 23.4 Å². The SMILES string of the molecule is Nc1ncnc2c1c(-c1ccc(C(=O)Nc3ccccn3)cc1)nn2[C@@H]1C[C@@H]2CN[C@@H]1C2. The summed E-state index contributed by atoms with van der Waals surface area (Å²) in [6.45, 7) is 1.08. The molecule has 4 aromatic rings. The van der Waals surface area contributed by atoms with Crippen molar-refractivity contribution in [3.05, 3.63) is 60.6 Å². The Hall–Kier alpha value is -3.85. The molecule has 1 aliphatic heterocycles. The van der Waals surface area contributed by atoms with Gasteiger partial charge in [0.25, 0.3) is 5.91 Å². The summed E-state index contributed by atoms with van der Waals surface area (Å²) in [5.74, 6) is 1.38. The molecule has 2 bridgehead atoms. The van der Waals surface area contributed by atoms with Gasteiger partial charge in [-0.2, -0.15) is 5.10 Å². The lowest BCUT2D eigenvalue weighted by Crippen LogP contribution is -2.35. The van der Waals surface area contributed by atoms with Gasteiger partial charge in [0.2, 0.25) is 0 Å². The average Bonchev–Trinajstić information content (AvgIpc) is 3.55. The van der Waals surface area contributed by atoms with Crippen molar-refractivity contribution < 1.29 is 4.79 Å². The molecule has 0 unspecified atom stereocenters. The van der Waals surface area contributed by atoms with Crippen LogP contribution in [0.1, 0.15) is 29.2 Å². The van der Waals surface area contributed by atoms with Crippen molar-refractivity contribution in [1.29, 1.82) is 0 Å². The van der Waals surface area contributed by atoms with Gasteiger partial charge in [0.1, 0.15) is 23.7 Å². The summed E-state index contributed by atoms with van der Waals surface area (Å²) >= 11 is 0. The number of fused-ring (bicyclic) bond motifs is 3. The number of nitrogens with zero attached hydrogens (tertiary/aromatic N) is 5. The van der Waals surface area contributed by atoms with Crippen molar-refractivity contribution in [2.45, 2.75) is 24.9 Å². The number of nitrogens with two attached hydrogens (primary N) is 1. The van der Waals surface area contributed by atoms with Crippen LogP contribution < -0.4 is 16.4 Å². The fraction of sp³-hybridized carbons (Fsp3) is 0.261. The highest BCUT2D eigenvalue weighted by Crippen LogP contribution is 2.41. The Labute approximate surface area is 184 Å². The van der Waals surface area contributed by atoms with Crippen molar-refractivity contribution in [3.63, 3.8) is 0 Å². The number of amides is 1. The molecule has 9 nitrogen and oxygen atoms in total. The first kappa shape index (κ1) is 18.9. The number of nitrogens with one attached hydrogen (secondary N) is 2. The van der Waals surface area contributed by atoms with E-state index in [0.29, 0.717) is 29.2 Å². The maximum absolute atomic E-state index is 12.6. The topological polar surface area (TPSA) is 124 Å². The Morgan fingerprint density at radius 3 is 2.69 bits per heavy atom. The van der Waals surface area contributed by atoms with Gasteiger partial charge in [0.05, 0.1) is 11.4 Å². The van der Waals surface area contributed by atoms with Crippen molar-refractivity contribution >= 4 is 28.6 Å². The number of hydrogen-bond donors (Lipinski definition) is 3. The normalized spacial score (nSPS) is 21.8. The van der Waals surface area contributed by atoms with Crippen LogP contribution in [0, 0.1) is 5.92 Å². The molecule has 0 spiro atoms. The Kier molecular flexibility index (Phi) is 4.36. The second-order valence-corrected chi connectivity index (χ2v) is 8.42. The maximum atomic E-state index is 12.6. The highest BCUT2D eigenvalue weighted by molar-refractivity contribution is 6.04. The zero-order chi connectivity index (χ0) is 21.7. The third-order valence-corrected chi connectivity index (χ3v) is 6.45. The number of rotatable bonds is 4. The van der Waals surface area contributed by atoms with E-state index >= 15 is 0 Å². The molecule has 1 aromatic carbocycles. The largest absolute Gasteiger partial charge is 0.383 e. The van der Waals surface area contributed by atoms with Crippen LogP contribution in [0.15, 0.2) is 55.0 Å². The molecule has 3 aromatic heterocycles. The lowest BCUT2D eigenvalue weighted by atomic mass is 10.1. The fourth-order valence-corrected chi connectivity index (χ4v) is 4.93. The summed E-state index contributed by atoms with van der Waals surface area (Å²) < 4.78 is 2.02. The van der Waals surface area contributed by atoms with Gasteiger partial charge in [-0.05, 0) is 49.6 Å². The molecule has 1 saturated heterocycles. The second kappa shape index (κ2) is 7.38. The number of benzene rings is 1. The van der Waals surface area contributed by atoms with E-state index in [0.717, 1.165) is 35.3 Å². The third-order valence-electron chi connectivity index (χ3n) is 6.45. The monoisotopic (exact) mass is 426 g/mol. The van der Waals surface area contributed by atoms with Crippen LogP contribution in [-0.4, -0.2) is 43.2 Å². The standard InChI is InChI=1S/C23H22N8O/c24-21-19-20(14-4-6-15(7-5-14)23(32)29-18-3-1-2-8-25-18)30-31(22(19)28-12-27-21)17-10-13-9-16(17)26-11-13/h1-8,12-13,16-17,26H,9-11H2,(H2,24,27,28)(H,25,29,32)/t13-,16-,17-/m1/s1. The van der Waals surface area contributed by atoms with E-state index < -0.39 is 0 Å². The number of carbonyl (C=O) groups excluding carboxylic acids is 1. The number of aromatic nitrogens is 5. The number of nitrogen functional groups attached to an aromatic ring is 1. The van der Waals surface area contributed by atoms with Crippen LogP contribution in [0.5, 0.6) is 0 Å². The van der Waals surface area contributed by atoms with Crippen molar-refractivity contribution in [2.75, 3.05) is 17.6 Å². The number of pyridine rings is 1. The first-order chi connectivity index (χ1) is 15.7. The molecule has 2 fully saturated rings. The van der Waals surface area contributed by atoms with Crippen LogP contribution in [0.25, 0.3) is 22.3 Å². The van der Waals surface area contributed by atoms with E-state index in [1.807, 2.05) is 22.9 Å². The average molecular weight is 426 g/mol. The highest BCUT2D eigenvalue weighted by Gasteiger charge is 2.42. The molecule has 9 heteroatoms. The van der Waals surface area contributed by atoms with Gasteiger partial charge in [-0.1, -0.05) is 18.2 Å². The first-order valence-electron chi connectivity index (χ1n) is 10.7. The van der Waals surface area contributed by atoms with Crippen molar-refractivity contribution in [1.82, 2.24) is 30.0 Å². The van der Waals surface area contributed by atoms with E-state index in [9.17, 15) is 4.79 Å². The summed E-state index contributed by atoms with van der Waals surface area (Å²) in [6, 6.07) is 13.3. The number of hydrogen-bond acceptors (Lipinski definition) is 7. The Balaban J connectivity index is 1.35. The van der Waals surface area contributed by atoms with Crippen molar-refractivity contribution in [3.8, 4) is 11.3 Å². The van der Waals surface area contributed by atoms with E-state index in [-0.39, 0.29) is 11.9 Å². The molecule has 0 radical (unpaired) electrons. The maximum Gasteiger partial charge on any atom is 0.256 e. The second-order valence-electron chi connectivity index (χ2n) is 8.42. The number of piperidine rings is 1. The summed E-state index contributed by atoms with van der Waals surface area (Å²) in [7, 11) is 0. The van der Waals surface area contributed by atoms with Crippen LogP contribution in [0.3, 0.4) is 0 Å². The quantitative estimate of drug-likeness (QED) is 0.458. The number of carbonyl (C=O) groups is 1. The van der Waals surface area contributed by atoms with Crippen LogP contribution in [0.2, 0.25) is 0 Å². The molecule has 4 N–H and O–H groups in total. The zero-order valence-electron chi connectivity index (χ0n) is 17.3. The predicted octanol–water partition coefficient (Wildman–Crippen LogP) is 2.65. The van der Waals surface area contributed by atoms with E-state index in [1.165, 1.54) is 12.7 Å². The first-order valence-corrected chi connectivity index (χ1v) is 10.7. The summed E-state index contributed by atoms with van der Waals surface area (Å²) in [6.07, 6.45) is 5.38. The Morgan fingerprint density at radius 1 is 1.09 bits per heavy atom. The summed E-state index contributed by atoms with van der Waals surface area (Å²) in [5, 5.41) is 12.1. The van der Waals surface area contributed by atoms with Crippen LogP contribution in [0.4, 0.5) is 11.6 Å². The third kappa shape index (κ3) is 3.09. The van der Waals surface area contributed by atoms with Crippen LogP contribution >= 0.6 is 0 Å². The van der Waals surface area contributed by atoms with E-state index in [1.54, 1.807) is 30.5 Å². The zero-order valence-corrected chi connectivity index (χ0v) is 17.3. The van der Waals surface area contributed by atoms with Gasteiger partial charge in [-0.3, -0.25) is 4.79 Å². The predicted molar refractivity (Wildman–Crippen MR) is 121 cm³/mol. The minimum atomic E-state index is -0.221. The summed E-state index contributed by atoms with van der Waals surface area (Å²) in [4.78, 5) is 25.4. The van der Waals surface area contributed by atoms with E-state index in [2.05, 4.69) is 25.6 Å². The lowest BCUT2D eigenvalue weighted by molar-refractivity contribution is 0.102. The van der Waals surface area contributed by atoms with Gasteiger partial charge in [-0.25, -0.2) is 19.6 Å². The van der Waals surface area contributed by atoms with Gasteiger partial charge >= 0.3 is 0 Å². The molecule has 32 heavy (non-hydrogen) atoms. The van der Waals surface area contributed by atoms with E-state index in [4.69, 9.17) is 10.8 Å². The molecule has 1 saturated carbocycles. The minimum absolute atomic E-state index is 0.221. The van der Waals surface area contributed by atoms with Crippen molar-refractivity contribution in [2.24, 2.45) is 5.92 Å². The fourth-order valence-electron chi connectivity index (χ4n) is 4.93. The molecular weight excluding hydrogens is 404 g/mol. The Morgan fingerprint density at radius 2 is 1.97 bits per heavy atom. The van der Waals surface area contributed by atoms with Gasteiger partial charge in [-0.15, -0.1) is 0 Å². The number of anilines is 2.